The molecule has 134 valence electrons. The number of aryl methyl sites for hydroxylation is 1. The quantitative estimate of drug-likeness (QED) is 0.611. The summed E-state index contributed by atoms with van der Waals surface area (Å²) in [5.74, 6) is -0.175. The van der Waals surface area contributed by atoms with Crippen molar-refractivity contribution in [3.8, 4) is 11.1 Å². The first-order valence-electron chi connectivity index (χ1n) is 9.03. The minimum atomic E-state index is -0.175. The van der Waals surface area contributed by atoms with Crippen LogP contribution in [0.1, 0.15) is 24.5 Å². The molecule has 0 aliphatic carbocycles. The lowest BCUT2D eigenvalue weighted by molar-refractivity contribution is 0.534. The summed E-state index contributed by atoms with van der Waals surface area (Å²) in [4.78, 5) is 8.12. The van der Waals surface area contributed by atoms with E-state index in [-0.39, 0.29) is 5.82 Å². The summed E-state index contributed by atoms with van der Waals surface area (Å²) in [5, 5.41) is 3.56. The predicted octanol–water partition coefficient (Wildman–Crippen LogP) is 4.44. The fourth-order valence-electron chi connectivity index (χ4n) is 3.00. The predicted molar refractivity (Wildman–Crippen MR) is 103 cm³/mol. The molecule has 4 heteroatoms. The molecule has 0 saturated carbocycles. The molecule has 2 aromatic carbocycles. The second-order valence-corrected chi connectivity index (χ2v) is 6.61. The second kappa shape index (κ2) is 9.20. The van der Waals surface area contributed by atoms with E-state index in [2.05, 4.69) is 46.5 Å². The fraction of sp³-hybridized carbons (Fsp3) is 0.273. The monoisotopic (exact) mass is 349 g/mol. The van der Waals surface area contributed by atoms with Gasteiger partial charge in [-0.2, -0.15) is 0 Å². The van der Waals surface area contributed by atoms with Crippen molar-refractivity contribution >= 4 is 0 Å². The Hall–Kier alpha value is -2.59. The Bertz CT molecular complexity index is 786. The molecule has 1 heterocycles. The second-order valence-electron chi connectivity index (χ2n) is 6.61. The van der Waals surface area contributed by atoms with Crippen molar-refractivity contribution < 1.29 is 4.39 Å². The van der Waals surface area contributed by atoms with Crippen molar-refractivity contribution in [2.45, 2.75) is 32.2 Å². The number of halogens is 1. The number of benzene rings is 2. The topological polar surface area (TPSA) is 37.8 Å². The van der Waals surface area contributed by atoms with Gasteiger partial charge >= 0.3 is 0 Å². The molecule has 0 bridgehead atoms. The molecule has 1 atom stereocenters. The van der Waals surface area contributed by atoms with E-state index in [9.17, 15) is 4.39 Å². The highest BCUT2D eigenvalue weighted by Gasteiger charge is 2.04. The number of aromatic nitrogens is 2. The van der Waals surface area contributed by atoms with Crippen LogP contribution in [0.5, 0.6) is 0 Å². The van der Waals surface area contributed by atoms with Crippen LogP contribution in [0.3, 0.4) is 0 Å². The average molecular weight is 349 g/mol. The van der Waals surface area contributed by atoms with Crippen molar-refractivity contribution in [2.24, 2.45) is 0 Å². The molecule has 1 unspecified atom stereocenters. The molecule has 0 radical (unpaired) electrons. The van der Waals surface area contributed by atoms with E-state index in [4.69, 9.17) is 0 Å². The number of nitrogens with zero attached hydrogens (tertiary/aromatic N) is 2. The molecule has 26 heavy (non-hydrogen) atoms. The molecule has 3 aromatic rings. The lowest BCUT2D eigenvalue weighted by Gasteiger charge is -2.14. The Labute approximate surface area is 154 Å². The standard InChI is InChI=1S/C22H24FN3/c1-17(26-12-2-3-18-6-10-22(23)11-7-18)13-19-4-8-20(9-5-19)21-14-24-16-25-15-21/h4-11,14-17,26H,2-3,12-13H2,1H3. The summed E-state index contributed by atoms with van der Waals surface area (Å²) in [5.41, 5.74) is 4.66. The first-order valence-corrected chi connectivity index (χ1v) is 9.03. The Morgan fingerprint density at radius 1 is 0.885 bits per heavy atom. The lowest BCUT2D eigenvalue weighted by atomic mass is 10.0. The van der Waals surface area contributed by atoms with Crippen molar-refractivity contribution in [3.63, 3.8) is 0 Å². The normalized spacial score (nSPS) is 12.1. The summed E-state index contributed by atoms with van der Waals surface area (Å²) in [6.45, 7) is 3.16. The average Bonchev–Trinajstić information content (AvgIpc) is 2.68. The smallest absolute Gasteiger partial charge is 0.123 e. The fourth-order valence-corrected chi connectivity index (χ4v) is 3.00. The lowest BCUT2D eigenvalue weighted by Crippen LogP contribution is -2.29. The summed E-state index contributed by atoms with van der Waals surface area (Å²) in [7, 11) is 0. The highest BCUT2D eigenvalue weighted by atomic mass is 19.1. The van der Waals surface area contributed by atoms with Crippen molar-refractivity contribution in [3.05, 3.63) is 84.2 Å². The van der Waals surface area contributed by atoms with Gasteiger partial charge in [-0.15, -0.1) is 0 Å². The Morgan fingerprint density at radius 2 is 1.54 bits per heavy atom. The van der Waals surface area contributed by atoms with E-state index < -0.39 is 0 Å². The third kappa shape index (κ3) is 5.46. The molecule has 0 saturated heterocycles. The summed E-state index contributed by atoms with van der Waals surface area (Å²) >= 11 is 0. The van der Waals surface area contributed by atoms with E-state index in [1.54, 1.807) is 6.33 Å². The van der Waals surface area contributed by atoms with Crippen LogP contribution in [0.25, 0.3) is 11.1 Å². The van der Waals surface area contributed by atoms with E-state index in [0.717, 1.165) is 36.9 Å². The van der Waals surface area contributed by atoms with Gasteiger partial charge in [0.15, 0.2) is 0 Å². The number of hydrogen-bond donors (Lipinski definition) is 1. The Kier molecular flexibility index (Phi) is 6.45. The molecule has 3 nitrogen and oxygen atoms in total. The van der Waals surface area contributed by atoms with Gasteiger partial charge in [0.25, 0.3) is 0 Å². The molecule has 0 spiro atoms. The molecule has 0 amide bonds. The molecule has 3 rings (SSSR count). The van der Waals surface area contributed by atoms with Crippen molar-refractivity contribution in [1.82, 2.24) is 15.3 Å². The van der Waals surface area contributed by atoms with Gasteiger partial charge in [-0.3, -0.25) is 0 Å². The van der Waals surface area contributed by atoms with Gasteiger partial charge in [-0.05, 0) is 61.6 Å². The minimum Gasteiger partial charge on any atom is -0.314 e. The number of rotatable bonds is 8. The van der Waals surface area contributed by atoms with Gasteiger partial charge in [0.2, 0.25) is 0 Å². The zero-order valence-corrected chi connectivity index (χ0v) is 15.0. The molecule has 1 aromatic heterocycles. The van der Waals surface area contributed by atoms with Crippen LogP contribution < -0.4 is 5.32 Å². The summed E-state index contributed by atoms with van der Waals surface area (Å²) in [6.07, 6.45) is 8.20. The molecular formula is C22H24FN3. The van der Waals surface area contributed by atoms with Gasteiger partial charge in [-0.25, -0.2) is 14.4 Å². The molecule has 1 N–H and O–H groups in total. The van der Waals surface area contributed by atoms with Crippen molar-refractivity contribution in [1.29, 1.82) is 0 Å². The zero-order chi connectivity index (χ0) is 18.2. The van der Waals surface area contributed by atoms with Gasteiger partial charge in [0, 0.05) is 24.0 Å². The van der Waals surface area contributed by atoms with Crippen LogP contribution in [0.4, 0.5) is 4.39 Å². The molecule has 0 aliphatic heterocycles. The summed E-state index contributed by atoms with van der Waals surface area (Å²) < 4.78 is 12.9. The Morgan fingerprint density at radius 3 is 2.23 bits per heavy atom. The number of nitrogens with one attached hydrogen (secondary N) is 1. The van der Waals surface area contributed by atoms with Crippen molar-refractivity contribution in [2.75, 3.05) is 6.54 Å². The maximum absolute atomic E-state index is 12.9. The number of hydrogen-bond acceptors (Lipinski definition) is 3. The van der Waals surface area contributed by atoms with Crippen LogP contribution in [0, 0.1) is 5.82 Å². The zero-order valence-electron chi connectivity index (χ0n) is 15.0. The van der Waals surface area contributed by atoms with Crippen LogP contribution in [0.2, 0.25) is 0 Å². The van der Waals surface area contributed by atoms with Gasteiger partial charge in [0.05, 0.1) is 0 Å². The maximum atomic E-state index is 12.9. The SMILES string of the molecule is CC(Cc1ccc(-c2cncnc2)cc1)NCCCc1ccc(F)cc1. The van der Waals surface area contributed by atoms with E-state index >= 15 is 0 Å². The maximum Gasteiger partial charge on any atom is 0.123 e. The van der Waals surface area contributed by atoms with Crippen LogP contribution in [-0.2, 0) is 12.8 Å². The summed E-state index contributed by atoms with van der Waals surface area (Å²) in [6, 6.07) is 15.8. The highest BCUT2D eigenvalue weighted by molar-refractivity contribution is 5.61. The van der Waals surface area contributed by atoms with Gasteiger partial charge in [-0.1, -0.05) is 36.4 Å². The molecule has 0 fully saturated rings. The van der Waals surface area contributed by atoms with Gasteiger partial charge in [0.1, 0.15) is 12.1 Å². The Balaban J connectivity index is 1.41. The van der Waals surface area contributed by atoms with Crippen LogP contribution in [-0.4, -0.2) is 22.6 Å². The largest absolute Gasteiger partial charge is 0.314 e. The van der Waals surface area contributed by atoms with Crippen LogP contribution >= 0.6 is 0 Å². The first-order chi connectivity index (χ1) is 12.7. The van der Waals surface area contributed by atoms with Gasteiger partial charge < -0.3 is 5.32 Å². The molecule has 0 aliphatic rings. The third-order valence-corrected chi connectivity index (χ3v) is 4.44. The third-order valence-electron chi connectivity index (χ3n) is 4.44. The van der Waals surface area contributed by atoms with E-state index in [1.807, 2.05) is 24.5 Å². The van der Waals surface area contributed by atoms with Crippen LogP contribution in [0.15, 0.2) is 67.3 Å². The van der Waals surface area contributed by atoms with E-state index in [1.165, 1.54) is 23.3 Å². The van der Waals surface area contributed by atoms with E-state index in [0.29, 0.717) is 6.04 Å². The highest BCUT2D eigenvalue weighted by Crippen LogP contribution is 2.18. The molecular weight excluding hydrogens is 325 g/mol. The first kappa shape index (κ1) is 18.2. The minimum absolute atomic E-state index is 0.175.